The lowest BCUT2D eigenvalue weighted by Gasteiger charge is -2.11. The maximum Gasteiger partial charge on any atom is 0.332 e. The van der Waals surface area contributed by atoms with Gasteiger partial charge in [0.15, 0.2) is 0 Å². The molecule has 0 fully saturated rings. The number of ether oxygens (including phenoxy) is 1. The van der Waals surface area contributed by atoms with Crippen LogP contribution in [-0.2, 0) is 0 Å². The van der Waals surface area contributed by atoms with Gasteiger partial charge in [0.2, 0.25) is 11.1 Å². The summed E-state index contributed by atoms with van der Waals surface area (Å²) in [7, 11) is 1.47. The number of nitrogens with zero attached hydrogens (tertiary/aromatic N) is 3. The van der Waals surface area contributed by atoms with Crippen LogP contribution in [0.2, 0.25) is 10.3 Å². The van der Waals surface area contributed by atoms with Gasteiger partial charge in [-0.1, -0.05) is 11.6 Å². The van der Waals surface area contributed by atoms with E-state index in [1.807, 2.05) is 0 Å². The fourth-order valence-corrected chi connectivity index (χ4v) is 2.13. The third-order valence-electron chi connectivity index (χ3n) is 2.63. The highest BCUT2D eigenvalue weighted by atomic mass is 35.5. The molecule has 1 aromatic carbocycles. The van der Waals surface area contributed by atoms with Crippen LogP contribution in [0.25, 0.3) is 0 Å². The van der Waals surface area contributed by atoms with Crippen molar-refractivity contribution in [3.05, 3.63) is 44.3 Å². The first-order valence-electron chi connectivity index (χ1n) is 5.71. The Morgan fingerprint density at radius 3 is 2.67 bits per heavy atom. The highest BCUT2D eigenvalue weighted by Crippen LogP contribution is 2.34. The van der Waals surface area contributed by atoms with Crippen LogP contribution < -0.4 is 10.1 Å². The summed E-state index contributed by atoms with van der Waals surface area (Å²) in [4.78, 5) is 18.2. The molecule has 0 aliphatic carbocycles. The van der Waals surface area contributed by atoms with E-state index in [2.05, 4.69) is 15.3 Å². The van der Waals surface area contributed by atoms with Crippen molar-refractivity contribution in [3.63, 3.8) is 0 Å². The van der Waals surface area contributed by atoms with Gasteiger partial charge in [0, 0.05) is 5.02 Å². The molecule has 0 amide bonds. The van der Waals surface area contributed by atoms with Crippen molar-refractivity contribution in [2.45, 2.75) is 6.92 Å². The summed E-state index contributed by atoms with van der Waals surface area (Å²) in [6, 6.07) is 4.83. The van der Waals surface area contributed by atoms with E-state index in [9.17, 15) is 10.1 Å². The molecule has 1 aromatic heterocycles. The van der Waals surface area contributed by atoms with Gasteiger partial charge in [-0.25, -0.2) is 4.98 Å². The number of methoxy groups -OCH3 is 1. The van der Waals surface area contributed by atoms with E-state index in [0.717, 1.165) is 0 Å². The number of aromatic nitrogens is 2. The molecular formula is C12H10Cl2N4O3. The zero-order valence-electron chi connectivity index (χ0n) is 11.1. The maximum absolute atomic E-state index is 11.2. The molecule has 0 saturated carbocycles. The van der Waals surface area contributed by atoms with Crippen molar-refractivity contribution in [1.82, 2.24) is 9.97 Å². The number of hydrogen-bond acceptors (Lipinski definition) is 6. The Labute approximate surface area is 130 Å². The highest BCUT2D eigenvalue weighted by Gasteiger charge is 2.22. The van der Waals surface area contributed by atoms with Crippen LogP contribution in [0.5, 0.6) is 5.75 Å². The van der Waals surface area contributed by atoms with E-state index in [1.54, 1.807) is 18.2 Å². The first-order chi connectivity index (χ1) is 9.92. The number of rotatable bonds is 4. The summed E-state index contributed by atoms with van der Waals surface area (Å²) < 4.78 is 5.17. The number of halogens is 2. The highest BCUT2D eigenvalue weighted by molar-refractivity contribution is 6.31. The largest absolute Gasteiger partial charge is 0.495 e. The van der Waals surface area contributed by atoms with Crippen LogP contribution in [0.1, 0.15) is 5.69 Å². The van der Waals surface area contributed by atoms with Gasteiger partial charge in [0.05, 0.1) is 17.7 Å². The summed E-state index contributed by atoms with van der Waals surface area (Å²) in [5.74, 6) is 0.430. The second kappa shape index (κ2) is 6.11. The lowest BCUT2D eigenvalue weighted by Crippen LogP contribution is -2.05. The molecule has 0 radical (unpaired) electrons. The number of anilines is 2. The lowest BCUT2D eigenvalue weighted by atomic mass is 10.2. The topological polar surface area (TPSA) is 90.2 Å². The molecule has 1 heterocycles. The molecule has 0 atom stereocenters. The van der Waals surface area contributed by atoms with Crippen LogP contribution in [0.3, 0.4) is 0 Å². The second-order valence-electron chi connectivity index (χ2n) is 4.00. The molecule has 0 unspecified atom stereocenters. The average Bonchev–Trinajstić information content (AvgIpc) is 2.37. The molecule has 1 N–H and O–H groups in total. The zero-order chi connectivity index (χ0) is 15.6. The number of hydrogen-bond donors (Lipinski definition) is 1. The summed E-state index contributed by atoms with van der Waals surface area (Å²) in [5.41, 5.74) is 0.326. The molecule has 0 bridgehead atoms. The van der Waals surface area contributed by atoms with Gasteiger partial charge in [0.25, 0.3) is 0 Å². The minimum atomic E-state index is -0.578. The molecular weight excluding hydrogens is 319 g/mol. The average molecular weight is 329 g/mol. The van der Waals surface area contributed by atoms with Gasteiger partial charge in [0.1, 0.15) is 11.4 Å². The molecule has 2 aromatic rings. The Balaban J connectivity index is 2.53. The summed E-state index contributed by atoms with van der Waals surface area (Å²) in [6.07, 6.45) is 0. The fraction of sp³-hybridized carbons (Fsp3) is 0.167. The monoisotopic (exact) mass is 328 g/mol. The van der Waals surface area contributed by atoms with Gasteiger partial charge in [-0.05, 0) is 36.7 Å². The number of benzene rings is 1. The minimum absolute atomic E-state index is 0.0296. The van der Waals surface area contributed by atoms with Crippen molar-refractivity contribution in [2.75, 3.05) is 12.4 Å². The summed E-state index contributed by atoms with van der Waals surface area (Å²) in [6.45, 7) is 1.48. The Morgan fingerprint density at radius 2 is 2.05 bits per heavy atom. The molecule has 0 saturated heterocycles. The number of nitro groups is 1. The maximum atomic E-state index is 11.2. The van der Waals surface area contributed by atoms with E-state index in [-0.39, 0.29) is 22.5 Å². The van der Waals surface area contributed by atoms with Crippen LogP contribution in [0.15, 0.2) is 18.2 Å². The fourth-order valence-electron chi connectivity index (χ4n) is 1.74. The summed E-state index contributed by atoms with van der Waals surface area (Å²) >= 11 is 11.7. The predicted molar refractivity (Wildman–Crippen MR) is 79.7 cm³/mol. The van der Waals surface area contributed by atoms with E-state index >= 15 is 0 Å². The molecule has 0 aliphatic heterocycles. The van der Waals surface area contributed by atoms with Crippen molar-refractivity contribution < 1.29 is 9.66 Å². The molecule has 2 rings (SSSR count). The lowest BCUT2D eigenvalue weighted by molar-refractivity contribution is -0.385. The number of aryl methyl sites for hydroxylation is 1. The van der Waals surface area contributed by atoms with Crippen molar-refractivity contribution in [2.24, 2.45) is 0 Å². The molecule has 7 nitrogen and oxygen atoms in total. The SMILES string of the molecule is COc1ccc(Cl)cc1Nc1nc(Cl)nc(C)c1[N+](=O)[O-]. The predicted octanol–water partition coefficient (Wildman–Crippen LogP) is 3.75. The van der Waals surface area contributed by atoms with Gasteiger partial charge >= 0.3 is 5.69 Å². The van der Waals surface area contributed by atoms with Gasteiger partial charge in [-0.15, -0.1) is 0 Å². The Hall–Kier alpha value is -2.12. The van der Waals surface area contributed by atoms with E-state index < -0.39 is 4.92 Å². The van der Waals surface area contributed by atoms with E-state index in [1.165, 1.54) is 14.0 Å². The quantitative estimate of drug-likeness (QED) is 0.522. The smallest absolute Gasteiger partial charge is 0.332 e. The van der Waals surface area contributed by atoms with Crippen molar-refractivity contribution in [3.8, 4) is 5.75 Å². The summed E-state index contributed by atoms with van der Waals surface area (Å²) in [5, 5.41) is 14.3. The van der Waals surface area contributed by atoms with Crippen LogP contribution in [0, 0.1) is 17.0 Å². The molecule has 0 aliphatic rings. The van der Waals surface area contributed by atoms with Crippen LogP contribution in [0.4, 0.5) is 17.2 Å². The molecule has 110 valence electrons. The first kappa shape index (κ1) is 15.3. The van der Waals surface area contributed by atoms with Crippen LogP contribution in [-0.4, -0.2) is 22.0 Å². The van der Waals surface area contributed by atoms with Gasteiger partial charge < -0.3 is 10.1 Å². The van der Waals surface area contributed by atoms with Gasteiger partial charge in [-0.2, -0.15) is 4.98 Å². The van der Waals surface area contributed by atoms with Gasteiger partial charge in [-0.3, -0.25) is 10.1 Å². The number of nitrogens with one attached hydrogen (secondary N) is 1. The van der Waals surface area contributed by atoms with E-state index in [0.29, 0.717) is 16.5 Å². The molecule has 21 heavy (non-hydrogen) atoms. The Kier molecular flexibility index (Phi) is 4.44. The second-order valence-corrected chi connectivity index (χ2v) is 4.78. The first-order valence-corrected chi connectivity index (χ1v) is 6.47. The standard InChI is InChI=1S/C12H10Cl2N4O3/c1-6-10(18(19)20)11(17-12(14)15-6)16-8-5-7(13)3-4-9(8)21-2/h3-5H,1-2H3,(H,15,16,17). The zero-order valence-corrected chi connectivity index (χ0v) is 12.6. The van der Waals surface area contributed by atoms with E-state index in [4.69, 9.17) is 27.9 Å². The van der Waals surface area contributed by atoms with Crippen molar-refractivity contribution in [1.29, 1.82) is 0 Å². The minimum Gasteiger partial charge on any atom is -0.495 e. The van der Waals surface area contributed by atoms with Crippen LogP contribution >= 0.6 is 23.2 Å². The Morgan fingerprint density at radius 1 is 1.33 bits per heavy atom. The third kappa shape index (κ3) is 3.32. The third-order valence-corrected chi connectivity index (χ3v) is 3.03. The molecule has 9 heteroatoms. The molecule has 0 spiro atoms. The van der Waals surface area contributed by atoms with Crippen molar-refractivity contribution >= 4 is 40.4 Å². The Bertz CT molecular complexity index is 709. The normalized spacial score (nSPS) is 10.3.